The van der Waals surface area contributed by atoms with Crippen LogP contribution in [0.4, 0.5) is 5.69 Å². The molecule has 0 radical (unpaired) electrons. The Labute approximate surface area is 138 Å². The Balaban J connectivity index is 2.14. The van der Waals surface area contributed by atoms with E-state index < -0.39 is 0 Å². The van der Waals surface area contributed by atoms with Crippen molar-refractivity contribution < 1.29 is 4.79 Å². The van der Waals surface area contributed by atoms with E-state index in [-0.39, 0.29) is 11.9 Å². The number of hydrogen-bond acceptors (Lipinski definition) is 2. The molecule has 1 amide bonds. The lowest BCUT2D eigenvalue weighted by Crippen LogP contribution is -2.48. The smallest absolute Gasteiger partial charge is 0.241 e. The molecule has 1 aliphatic heterocycles. The first-order valence-electron chi connectivity index (χ1n) is 6.18. The van der Waals surface area contributed by atoms with Crippen LogP contribution in [0.15, 0.2) is 25.6 Å². The van der Waals surface area contributed by atoms with Gasteiger partial charge in [0.05, 0.1) is 11.7 Å². The van der Waals surface area contributed by atoms with Crippen LogP contribution in [-0.2, 0) is 4.79 Å². The molecule has 104 valence electrons. The number of anilines is 1. The third-order valence-corrected chi connectivity index (χ3v) is 5.02. The van der Waals surface area contributed by atoms with E-state index >= 15 is 0 Å². The van der Waals surface area contributed by atoms with Gasteiger partial charge in [-0.25, -0.2) is 0 Å². The fourth-order valence-electron chi connectivity index (χ4n) is 2.26. The number of hydrogen-bond donors (Lipinski definition) is 2. The van der Waals surface area contributed by atoms with E-state index in [1.54, 1.807) is 0 Å². The average molecular weight is 455 g/mol. The second kappa shape index (κ2) is 6.70. The number of carbonyl (C=O) groups excluding carboxylic acids is 1. The molecule has 1 saturated heterocycles. The van der Waals surface area contributed by atoms with Crippen molar-refractivity contribution in [3.63, 3.8) is 0 Å². The topological polar surface area (TPSA) is 41.1 Å². The molecule has 2 rings (SSSR count). The maximum atomic E-state index is 12.3. The minimum absolute atomic E-state index is 0.0240. The molecule has 0 saturated carbocycles. The summed E-state index contributed by atoms with van der Waals surface area (Å²) in [5.74, 6) is 0.387. The van der Waals surface area contributed by atoms with Crippen LogP contribution in [0.25, 0.3) is 0 Å². The Morgan fingerprint density at radius 1 is 1.32 bits per heavy atom. The lowest BCUT2D eigenvalue weighted by atomic mass is 9.92. The number of piperidine rings is 1. The molecule has 0 bridgehead atoms. The summed E-state index contributed by atoms with van der Waals surface area (Å²) in [4.78, 5) is 12.3. The predicted octanol–water partition coefficient (Wildman–Crippen LogP) is 4.30. The molecule has 2 unspecified atom stereocenters. The van der Waals surface area contributed by atoms with Crippen LogP contribution in [0.3, 0.4) is 0 Å². The molecule has 19 heavy (non-hydrogen) atoms. The molecule has 1 fully saturated rings. The molecule has 3 nitrogen and oxygen atoms in total. The second-order valence-electron chi connectivity index (χ2n) is 4.78. The van der Waals surface area contributed by atoms with E-state index in [1.807, 2.05) is 12.1 Å². The summed E-state index contributed by atoms with van der Waals surface area (Å²) >= 11 is 10.4. The Morgan fingerprint density at radius 2 is 1.95 bits per heavy atom. The second-order valence-corrected chi connectivity index (χ2v) is 7.41. The molecular formula is C13H15Br3N2O. The van der Waals surface area contributed by atoms with Crippen LogP contribution < -0.4 is 10.6 Å². The van der Waals surface area contributed by atoms with Gasteiger partial charge in [-0.15, -0.1) is 0 Å². The number of nitrogens with one attached hydrogen (secondary N) is 2. The van der Waals surface area contributed by atoms with Crippen molar-refractivity contribution in [1.29, 1.82) is 0 Å². The molecule has 1 aromatic rings. The van der Waals surface area contributed by atoms with Gasteiger partial charge in [0.2, 0.25) is 5.91 Å². The zero-order valence-electron chi connectivity index (χ0n) is 10.5. The van der Waals surface area contributed by atoms with Crippen molar-refractivity contribution in [2.75, 3.05) is 11.9 Å². The predicted molar refractivity (Wildman–Crippen MR) is 88.4 cm³/mol. The summed E-state index contributed by atoms with van der Waals surface area (Å²) in [5, 5.41) is 6.28. The third kappa shape index (κ3) is 3.80. The SMILES string of the molecule is CC1CCCNC1C(=O)Nc1c(Br)cc(Br)cc1Br. The summed E-state index contributed by atoms with van der Waals surface area (Å²) in [6.07, 6.45) is 2.23. The van der Waals surface area contributed by atoms with Crippen molar-refractivity contribution in [3.05, 3.63) is 25.6 Å². The number of carbonyl (C=O) groups is 1. The van der Waals surface area contributed by atoms with Crippen LogP contribution in [-0.4, -0.2) is 18.5 Å². The van der Waals surface area contributed by atoms with E-state index in [1.165, 1.54) is 0 Å². The summed E-state index contributed by atoms with van der Waals surface area (Å²) < 4.78 is 2.66. The normalized spacial score (nSPS) is 23.2. The first kappa shape index (κ1) is 15.5. The van der Waals surface area contributed by atoms with Crippen molar-refractivity contribution in [3.8, 4) is 0 Å². The van der Waals surface area contributed by atoms with Gasteiger partial charge >= 0.3 is 0 Å². The largest absolute Gasteiger partial charge is 0.323 e. The summed E-state index contributed by atoms with van der Waals surface area (Å²) in [6, 6.07) is 3.71. The third-order valence-electron chi connectivity index (χ3n) is 3.31. The molecule has 1 heterocycles. The van der Waals surface area contributed by atoms with E-state index in [0.29, 0.717) is 5.92 Å². The zero-order valence-corrected chi connectivity index (χ0v) is 15.2. The van der Waals surface area contributed by atoms with E-state index in [0.717, 1.165) is 38.5 Å². The molecule has 6 heteroatoms. The maximum Gasteiger partial charge on any atom is 0.241 e. The minimum atomic E-state index is -0.115. The number of benzene rings is 1. The monoisotopic (exact) mass is 452 g/mol. The van der Waals surface area contributed by atoms with E-state index in [2.05, 4.69) is 65.3 Å². The molecule has 2 N–H and O–H groups in total. The first-order chi connectivity index (χ1) is 8.99. The molecule has 0 spiro atoms. The summed E-state index contributed by atoms with van der Waals surface area (Å²) in [6.45, 7) is 3.02. The molecule has 1 aliphatic rings. The van der Waals surface area contributed by atoms with Crippen LogP contribution in [0, 0.1) is 5.92 Å². The maximum absolute atomic E-state index is 12.3. The van der Waals surface area contributed by atoms with Gasteiger partial charge in [-0.3, -0.25) is 4.79 Å². The van der Waals surface area contributed by atoms with Crippen LogP contribution >= 0.6 is 47.8 Å². The standard InChI is InChI=1S/C13H15Br3N2O/c1-7-3-2-4-17-11(7)13(19)18-12-9(15)5-8(14)6-10(12)16/h5-7,11,17H,2-4H2,1H3,(H,18,19). The van der Waals surface area contributed by atoms with Crippen LogP contribution in [0.1, 0.15) is 19.8 Å². The number of rotatable bonds is 2. The molecular weight excluding hydrogens is 440 g/mol. The fourth-order valence-corrected chi connectivity index (χ4v) is 4.72. The zero-order chi connectivity index (χ0) is 14.0. The highest BCUT2D eigenvalue weighted by molar-refractivity contribution is 9.11. The van der Waals surface area contributed by atoms with Crippen molar-refractivity contribution in [2.45, 2.75) is 25.8 Å². The molecule has 1 aromatic carbocycles. The molecule has 0 aromatic heterocycles. The average Bonchev–Trinajstić information content (AvgIpc) is 2.34. The number of amides is 1. The van der Waals surface area contributed by atoms with E-state index in [4.69, 9.17) is 0 Å². The minimum Gasteiger partial charge on any atom is -0.323 e. The fraction of sp³-hybridized carbons (Fsp3) is 0.462. The molecule has 0 aliphatic carbocycles. The highest BCUT2D eigenvalue weighted by Crippen LogP contribution is 2.34. The van der Waals surface area contributed by atoms with E-state index in [9.17, 15) is 4.79 Å². The highest BCUT2D eigenvalue weighted by atomic mass is 79.9. The van der Waals surface area contributed by atoms with Gasteiger partial charge in [-0.2, -0.15) is 0 Å². The van der Waals surface area contributed by atoms with Gasteiger partial charge in [-0.05, 0) is 69.3 Å². The van der Waals surface area contributed by atoms with Gasteiger partial charge in [0, 0.05) is 13.4 Å². The van der Waals surface area contributed by atoms with Crippen LogP contribution in [0.5, 0.6) is 0 Å². The quantitative estimate of drug-likeness (QED) is 0.699. The number of halogens is 3. The Kier molecular flexibility index (Phi) is 5.45. The Morgan fingerprint density at radius 3 is 2.53 bits per heavy atom. The molecule has 2 atom stereocenters. The van der Waals surface area contributed by atoms with Gasteiger partial charge in [-0.1, -0.05) is 22.9 Å². The summed E-state index contributed by atoms with van der Waals surface area (Å²) in [7, 11) is 0. The van der Waals surface area contributed by atoms with Crippen LogP contribution in [0.2, 0.25) is 0 Å². The summed E-state index contributed by atoms with van der Waals surface area (Å²) in [5.41, 5.74) is 0.771. The Bertz CT molecular complexity index is 470. The first-order valence-corrected chi connectivity index (χ1v) is 8.55. The lowest BCUT2D eigenvalue weighted by Gasteiger charge is -2.29. The van der Waals surface area contributed by atoms with Gasteiger partial charge in [0.15, 0.2) is 0 Å². The van der Waals surface area contributed by atoms with Gasteiger partial charge in [0.1, 0.15) is 0 Å². The van der Waals surface area contributed by atoms with Crippen molar-refractivity contribution >= 4 is 59.4 Å². The Hall–Kier alpha value is 0.0900. The van der Waals surface area contributed by atoms with Gasteiger partial charge in [0.25, 0.3) is 0 Å². The lowest BCUT2D eigenvalue weighted by molar-refractivity contribution is -0.119. The van der Waals surface area contributed by atoms with Crippen molar-refractivity contribution in [2.24, 2.45) is 5.92 Å². The van der Waals surface area contributed by atoms with Gasteiger partial charge < -0.3 is 10.6 Å². The van der Waals surface area contributed by atoms with Crippen molar-refractivity contribution in [1.82, 2.24) is 5.32 Å². The highest BCUT2D eigenvalue weighted by Gasteiger charge is 2.28.